The first-order chi connectivity index (χ1) is 18.0. The number of ether oxygens (including phenoxy) is 3. The molecule has 6 rings (SSSR count). The Kier molecular flexibility index (Phi) is 6.02. The minimum Gasteiger partial charge on any atom is -0.460 e. The Balaban J connectivity index is 1.20. The van der Waals surface area contributed by atoms with Crippen LogP contribution >= 0.6 is 0 Å². The number of hydrogen-bond acceptors (Lipinski definition) is 8. The molecule has 0 radical (unpaired) electrons. The maximum atomic E-state index is 13.4. The third-order valence-electron chi connectivity index (χ3n) is 12.0. The zero-order chi connectivity index (χ0) is 27.2. The van der Waals surface area contributed by atoms with E-state index in [9.17, 15) is 19.5 Å². The number of hydrogen-bond donors (Lipinski definition) is 2. The summed E-state index contributed by atoms with van der Waals surface area (Å²) in [6.45, 7) is 8.30. The predicted octanol–water partition coefficient (Wildman–Crippen LogP) is 2.86. The van der Waals surface area contributed by atoms with Gasteiger partial charge in [0.15, 0.2) is 5.78 Å². The van der Waals surface area contributed by atoms with E-state index in [1.54, 1.807) is 12.2 Å². The average Bonchev–Trinajstić information content (AvgIpc) is 3.52. The Labute approximate surface area is 224 Å². The van der Waals surface area contributed by atoms with Crippen molar-refractivity contribution >= 4 is 17.7 Å². The zero-order valence-corrected chi connectivity index (χ0v) is 22.9. The molecule has 38 heavy (non-hydrogen) atoms. The van der Waals surface area contributed by atoms with Gasteiger partial charge in [0.05, 0.1) is 23.6 Å². The fourth-order valence-corrected chi connectivity index (χ4v) is 9.89. The van der Waals surface area contributed by atoms with E-state index >= 15 is 0 Å². The van der Waals surface area contributed by atoms with Crippen LogP contribution in [0.15, 0.2) is 23.3 Å². The van der Waals surface area contributed by atoms with E-state index in [-0.39, 0.29) is 48.4 Å². The molecule has 0 bridgehead atoms. The number of esters is 2. The summed E-state index contributed by atoms with van der Waals surface area (Å²) in [5.41, 5.74) is 5.32. The van der Waals surface area contributed by atoms with E-state index in [0.717, 1.165) is 37.7 Å². The Morgan fingerprint density at radius 2 is 2.00 bits per heavy atom. The lowest BCUT2D eigenvalue weighted by Gasteiger charge is -2.58. The molecule has 0 aromatic heterocycles. The summed E-state index contributed by atoms with van der Waals surface area (Å²) in [5, 5.41) is 10.9. The molecule has 4 fully saturated rings. The number of carbonyl (C=O) groups is 3. The van der Waals surface area contributed by atoms with Crippen LogP contribution in [0, 0.1) is 40.4 Å². The first kappa shape index (κ1) is 26.2. The fourth-order valence-electron chi connectivity index (χ4n) is 9.89. The van der Waals surface area contributed by atoms with Gasteiger partial charge in [-0.05, 0) is 93.1 Å². The van der Waals surface area contributed by atoms with Crippen molar-refractivity contribution in [2.75, 3.05) is 13.2 Å². The molecule has 208 valence electrons. The highest BCUT2D eigenvalue weighted by atomic mass is 16.6. The van der Waals surface area contributed by atoms with Gasteiger partial charge in [0.25, 0.3) is 0 Å². The number of ketones is 1. The number of cyclic esters (lactones) is 1. The number of nitrogens with two attached hydrogens (primary N) is 1. The van der Waals surface area contributed by atoms with Crippen LogP contribution < -0.4 is 5.73 Å². The van der Waals surface area contributed by atoms with Crippen molar-refractivity contribution in [3.05, 3.63) is 23.3 Å². The number of aliphatic hydroxyl groups excluding tert-OH is 1. The first-order valence-electron chi connectivity index (χ1n) is 14.3. The van der Waals surface area contributed by atoms with E-state index in [2.05, 4.69) is 20.8 Å². The van der Waals surface area contributed by atoms with Crippen molar-refractivity contribution in [2.24, 2.45) is 46.2 Å². The molecule has 1 spiro atoms. The van der Waals surface area contributed by atoms with Gasteiger partial charge in [0, 0.05) is 6.42 Å². The van der Waals surface area contributed by atoms with Crippen LogP contribution in [0.1, 0.15) is 66.2 Å². The molecular weight excluding hydrogens is 486 g/mol. The third kappa shape index (κ3) is 3.35. The van der Waals surface area contributed by atoms with E-state index in [4.69, 9.17) is 19.9 Å². The van der Waals surface area contributed by atoms with E-state index < -0.39 is 29.1 Å². The lowest BCUT2D eigenvalue weighted by Crippen LogP contribution is -2.63. The van der Waals surface area contributed by atoms with Crippen molar-refractivity contribution in [3.63, 3.8) is 0 Å². The van der Waals surface area contributed by atoms with Gasteiger partial charge in [-0.25, -0.2) is 4.79 Å². The molecule has 0 aromatic rings. The highest BCUT2D eigenvalue weighted by Crippen LogP contribution is 2.73. The van der Waals surface area contributed by atoms with Gasteiger partial charge in [-0.3, -0.25) is 9.59 Å². The number of allylic oxidation sites excluding steroid dienone is 1. The van der Waals surface area contributed by atoms with Crippen LogP contribution in [-0.4, -0.2) is 59.9 Å². The number of rotatable bonds is 5. The lowest BCUT2D eigenvalue weighted by atomic mass is 9.44. The highest BCUT2D eigenvalue weighted by molar-refractivity contribution is 5.98. The Bertz CT molecular complexity index is 1130. The number of carbonyl (C=O) groups excluding carboxylic acids is 3. The van der Waals surface area contributed by atoms with Crippen molar-refractivity contribution in [2.45, 2.75) is 90.1 Å². The predicted molar refractivity (Wildman–Crippen MR) is 137 cm³/mol. The molecule has 1 saturated heterocycles. The minimum absolute atomic E-state index is 0.0599. The molecular formula is C30H41NO7. The zero-order valence-electron chi connectivity index (χ0n) is 22.9. The van der Waals surface area contributed by atoms with Crippen LogP contribution in [0.4, 0.5) is 0 Å². The van der Waals surface area contributed by atoms with Crippen LogP contribution in [0.2, 0.25) is 0 Å². The second-order valence-corrected chi connectivity index (χ2v) is 13.2. The van der Waals surface area contributed by atoms with Gasteiger partial charge >= 0.3 is 11.9 Å². The van der Waals surface area contributed by atoms with Crippen molar-refractivity contribution in [1.29, 1.82) is 0 Å². The standard InChI is InChI=1S/C30H41NO7/c1-15-11-22(37-27(35)18(15)14-36-26(34)13-31)16(2)19-5-6-20-17-12-25-30(38-25)24(33)8-7-23(32)29(30,4)21(17)9-10-28(19,20)3/h7-8,16-17,19-22,24-25,33H,5-6,9-14,31H2,1-4H3/t16-,17?,19?,20?,21?,22?,24-,25+,28+,29-,30+/m0/s1. The molecule has 3 saturated carbocycles. The van der Waals surface area contributed by atoms with Gasteiger partial charge < -0.3 is 25.1 Å². The van der Waals surface area contributed by atoms with Crippen molar-refractivity contribution < 1.29 is 33.7 Å². The molecule has 0 aromatic carbocycles. The quantitative estimate of drug-likeness (QED) is 0.413. The fraction of sp³-hybridized carbons (Fsp3) is 0.767. The molecule has 3 N–H and O–H groups in total. The summed E-state index contributed by atoms with van der Waals surface area (Å²) < 4.78 is 17.3. The van der Waals surface area contributed by atoms with Crippen molar-refractivity contribution in [1.82, 2.24) is 0 Å². The minimum atomic E-state index is -0.741. The van der Waals surface area contributed by atoms with Crippen LogP contribution in [0.5, 0.6) is 0 Å². The van der Waals surface area contributed by atoms with E-state index in [1.165, 1.54) is 0 Å². The second kappa shape index (κ2) is 8.73. The summed E-state index contributed by atoms with van der Waals surface area (Å²) in [6.07, 6.45) is 7.91. The molecule has 0 amide bonds. The third-order valence-corrected chi connectivity index (χ3v) is 12.0. The maximum Gasteiger partial charge on any atom is 0.337 e. The van der Waals surface area contributed by atoms with Crippen molar-refractivity contribution in [3.8, 4) is 0 Å². The molecule has 2 heterocycles. The molecule has 5 unspecified atom stereocenters. The van der Waals surface area contributed by atoms with Crippen LogP contribution in [0.25, 0.3) is 0 Å². The summed E-state index contributed by atoms with van der Waals surface area (Å²) in [5.74, 6) is 0.828. The molecule has 11 atom stereocenters. The number of fused-ring (bicyclic) bond motifs is 4. The first-order valence-corrected chi connectivity index (χ1v) is 14.3. The Hall–Kier alpha value is -2.03. The van der Waals surface area contributed by atoms with Gasteiger partial charge in [0.2, 0.25) is 0 Å². The molecule has 2 aliphatic heterocycles. The average molecular weight is 528 g/mol. The molecule has 6 aliphatic rings. The monoisotopic (exact) mass is 527 g/mol. The van der Waals surface area contributed by atoms with Gasteiger partial charge in [0.1, 0.15) is 24.4 Å². The SMILES string of the molecule is CC1=C(COC(=O)CN)C(=O)OC([C@@H](C)C2CCC3C4C[C@H]5O[C@]56[C@@H](O)C=CC(=O)[C@]6(C)C4CC[C@@]32C)C1. The summed E-state index contributed by atoms with van der Waals surface area (Å²) >= 11 is 0. The number of aliphatic hydroxyl groups is 1. The van der Waals surface area contributed by atoms with Gasteiger partial charge in [-0.15, -0.1) is 0 Å². The van der Waals surface area contributed by atoms with Crippen LogP contribution in [0.3, 0.4) is 0 Å². The normalized spacial score (nSPS) is 47.9. The molecule has 8 nitrogen and oxygen atoms in total. The van der Waals surface area contributed by atoms with E-state index in [1.807, 2.05) is 6.92 Å². The highest BCUT2D eigenvalue weighted by Gasteiger charge is 2.80. The van der Waals surface area contributed by atoms with E-state index in [0.29, 0.717) is 29.7 Å². The Morgan fingerprint density at radius 3 is 2.71 bits per heavy atom. The topological polar surface area (TPSA) is 128 Å². The summed E-state index contributed by atoms with van der Waals surface area (Å²) in [4.78, 5) is 37.7. The maximum absolute atomic E-state index is 13.4. The largest absolute Gasteiger partial charge is 0.460 e. The molecule has 8 heteroatoms. The molecule has 4 aliphatic carbocycles. The Morgan fingerprint density at radius 1 is 1.24 bits per heavy atom. The lowest BCUT2D eigenvalue weighted by molar-refractivity contribution is -0.156. The summed E-state index contributed by atoms with van der Waals surface area (Å²) in [7, 11) is 0. The second-order valence-electron chi connectivity index (χ2n) is 13.2. The smallest absolute Gasteiger partial charge is 0.337 e. The number of epoxide rings is 1. The van der Waals surface area contributed by atoms with Gasteiger partial charge in [-0.2, -0.15) is 0 Å². The van der Waals surface area contributed by atoms with Gasteiger partial charge in [-0.1, -0.05) is 19.4 Å². The van der Waals surface area contributed by atoms with Crippen LogP contribution in [-0.2, 0) is 28.6 Å². The summed E-state index contributed by atoms with van der Waals surface area (Å²) in [6, 6.07) is 0.